The highest BCUT2D eigenvalue weighted by molar-refractivity contribution is 7.98. The Labute approximate surface area is 200 Å². The molecule has 0 aliphatic carbocycles. The van der Waals surface area contributed by atoms with Gasteiger partial charge < -0.3 is 20.1 Å². The second-order valence-corrected chi connectivity index (χ2v) is 8.76. The molecular formula is C23H23ClN4O4S. The van der Waals surface area contributed by atoms with Crippen molar-refractivity contribution >= 4 is 41.0 Å². The number of rotatable bonds is 9. The van der Waals surface area contributed by atoms with Crippen LogP contribution in [0.3, 0.4) is 0 Å². The average molecular weight is 487 g/mol. The SMILES string of the molecule is COc1ccc(CNC(=O)Cn2nc3c(c2NC(=O)COc2ccc(Cl)cc2)CSC3)cc1. The predicted octanol–water partition coefficient (Wildman–Crippen LogP) is 3.63. The molecule has 10 heteroatoms. The van der Waals surface area contributed by atoms with Gasteiger partial charge in [-0.1, -0.05) is 23.7 Å². The first-order valence-corrected chi connectivity index (χ1v) is 11.8. The number of aromatic nitrogens is 2. The summed E-state index contributed by atoms with van der Waals surface area (Å²) in [6.45, 7) is 0.218. The maximum Gasteiger partial charge on any atom is 0.263 e. The zero-order chi connectivity index (χ0) is 23.2. The summed E-state index contributed by atoms with van der Waals surface area (Å²) in [7, 11) is 1.61. The molecule has 4 rings (SSSR count). The number of nitrogens with one attached hydrogen (secondary N) is 2. The number of carbonyl (C=O) groups is 2. The fraction of sp³-hybridized carbons (Fsp3) is 0.261. The molecule has 0 saturated heterocycles. The van der Waals surface area contributed by atoms with Gasteiger partial charge in [0.1, 0.15) is 23.9 Å². The van der Waals surface area contributed by atoms with Crippen molar-refractivity contribution in [3.63, 3.8) is 0 Å². The van der Waals surface area contributed by atoms with Gasteiger partial charge in [0, 0.05) is 28.6 Å². The van der Waals surface area contributed by atoms with Crippen molar-refractivity contribution in [2.24, 2.45) is 0 Å². The number of carbonyl (C=O) groups excluding carboxylic acids is 2. The minimum atomic E-state index is -0.329. The molecule has 0 radical (unpaired) electrons. The van der Waals surface area contributed by atoms with E-state index < -0.39 is 0 Å². The molecule has 0 saturated carbocycles. The molecule has 0 bridgehead atoms. The van der Waals surface area contributed by atoms with Crippen molar-refractivity contribution in [1.82, 2.24) is 15.1 Å². The highest BCUT2D eigenvalue weighted by Gasteiger charge is 2.25. The highest BCUT2D eigenvalue weighted by atomic mass is 35.5. The summed E-state index contributed by atoms with van der Waals surface area (Å²) in [5, 5.41) is 10.9. The third kappa shape index (κ3) is 6.00. The minimum Gasteiger partial charge on any atom is -0.497 e. The highest BCUT2D eigenvalue weighted by Crippen LogP contribution is 2.34. The van der Waals surface area contributed by atoms with Gasteiger partial charge in [0.05, 0.1) is 12.8 Å². The molecule has 2 aromatic carbocycles. The third-order valence-electron chi connectivity index (χ3n) is 5.00. The lowest BCUT2D eigenvalue weighted by Crippen LogP contribution is -2.29. The summed E-state index contributed by atoms with van der Waals surface area (Å²) >= 11 is 7.59. The Hall–Kier alpha value is -3.17. The van der Waals surface area contributed by atoms with Crippen LogP contribution in [0.25, 0.3) is 0 Å². The Balaban J connectivity index is 1.36. The number of benzene rings is 2. The number of amides is 2. The van der Waals surface area contributed by atoms with E-state index in [9.17, 15) is 9.59 Å². The predicted molar refractivity (Wildman–Crippen MR) is 128 cm³/mol. The third-order valence-corrected chi connectivity index (χ3v) is 6.22. The number of nitrogens with zero attached hydrogens (tertiary/aromatic N) is 2. The van der Waals surface area contributed by atoms with E-state index in [0.29, 0.717) is 23.1 Å². The lowest BCUT2D eigenvalue weighted by Gasteiger charge is -2.12. The number of anilines is 1. The number of fused-ring (bicyclic) bond motifs is 1. The normalized spacial score (nSPS) is 12.2. The van der Waals surface area contributed by atoms with Crippen LogP contribution >= 0.6 is 23.4 Å². The fourth-order valence-electron chi connectivity index (χ4n) is 3.30. The van der Waals surface area contributed by atoms with Crippen LogP contribution in [0.15, 0.2) is 48.5 Å². The van der Waals surface area contributed by atoms with E-state index >= 15 is 0 Å². The number of hydrogen-bond donors (Lipinski definition) is 2. The molecule has 0 unspecified atom stereocenters. The van der Waals surface area contributed by atoms with Gasteiger partial charge in [-0.25, -0.2) is 4.68 Å². The Kier molecular flexibility index (Phi) is 7.41. The van der Waals surface area contributed by atoms with Crippen LogP contribution in [0.1, 0.15) is 16.8 Å². The van der Waals surface area contributed by atoms with Gasteiger partial charge in [-0.05, 0) is 42.0 Å². The van der Waals surface area contributed by atoms with Crippen LogP contribution in [-0.4, -0.2) is 35.3 Å². The molecule has 2 N–H and O–H groups in total. The molecule has 8 nitrogen and oxygen atoms in total. The van der Waals surface area contributed by atoms with Gasteiger partial charge >= 0.3 is 0 Å². The summed E-state index contributed by atoms with van der Waals surface area (Å²) in [6, 6.07) is 14.3. The van der Waals surface area contributed by atoms with E-state index in [4.69, 9.17) is 21.1 Å². The number of halogens is 1. The second-order valence-electron chi connectivity index (χ2n) is 7.34. The smallest absolute Gasteiger partial charge is 0.263 e. The first kappa shape index (κ1) is 23.0. The van der Waals surface area contributed by atoms with Crippen molar-refractivity contribution in [2.45, 2.75) is 24.6 Å². The number of hydrogen-bond acceptors (Lipinski definition) is 6. The molecule has 172 valence electrons. The van der Waals surface area contributed by atoms with Crippen LogP contribution < -0.4 is 20.1 Å². The molecule has 0 fully saturated rings. The van der Waals surface area contributed by atoms with Crippen molar-refractivity contribution in [3.8, 4) is 11.5 Å². The topological polar surface area (TPSA) is 94.5 Å². The van der Waals surface area contributed by atoms with Crippen LogP contribution in [0.4, 0.5) is 5.82 Å². The molecule has 1 aliphatic rings. The lowest BCUT2D eigenvalue weighted by molar-refractivity contribution is -0.122. The maximum absolute atomic E-state index is 12.6. The Bertz CT molecular complexity index is 1130. The number of methoxy groups -OCH3 is 1. The summed E-state index contributed by atoms with van der Waals surface area (Å²) in [5.74, 6) is 2.80. The lowest BCUT2D eigenvalue weighted by atomic mass is 10.2. The van der Waals surface area contributed by atoms with E-state index in [1.165, 1.54) is 0 Å². The summed E-state index contributed by atoms with van der Waals surface area (Å²) in [6.07, 6.45) is 0. The zero-order valence-corrected chi connectivity index (χ0v) is 19.5. The Morgan fingerprint density at radius 2 is 1.79 bits per heavy atom. The minimum absolute atomic E-state index is 0.00146. The quantitative estimate of drug-likeness (QED) is 0.479. The molecule has 1 aromatic heterocycles. The first-order chi connectivity index (χ1) is 16.0. The second kappa shape index (κ2) is 10.6. The Morgan fingerprint density at radius 3 is 2.52 bits per heavy atom. The van der Waals surface area contributed by atoms with Gasteiger partial charge in [0.15, 0.2) is 6.61 Å². The summed E-state index contributed by atoms with van der Waals surface area (Å²) in [5.41, 5.74) is 2.79. The largest absolute Gasteiger partial charge is 0.497 e. The summed E-state index contributed by atoms with van der Waals surface area (Å²) < 4.78 is 12.2. The van der Waals surface area contributed by atoms with Crippen LogP contribution in [0, 0.1) is 0 Å². The molecule has 0 atom stereocenters. The molecular weight excluding hydrogens is 464 g/mol. The number of thioether (sulfide) groups is 1. The molecule has 2 amide bonds. The van der Waals surface area contributed by atoms with E-state index in [1.54, 1.807) is 47.8 Å². The Morgan fingerprint density at radius 1 is 1.06 bits per heavy atom. The van der Waals surface area contributed by atoms with E-state index in [-0.39, 0.29) is 25.0 Å². The van der Waals surface area contributed by atoms with Crippen molar-refractivity contribution in [3.05, 3.63) is 70.4 Å². The standard InChI is InChI=1S/C23H23ClN4O4S/c1-31-17-6-2-15(3-7-17)10-25-21(29)11-28-23(19-13-33-14-20(19)27-28)26-22(30)12-32-18-8-4-16(24)5-9-18/h2-9H,10-14H2,1H3,(H,25,29)(H,26,30). The van der Waals surface area contributed by atoms with Crippen LogP contribution in [0.2, 0.25) is 5.02 Å². The van der Waals surface area contributed by atoms with Crippen LogP contribution in [-0.2, 0) is 34.2 Å². The van der Waals surface area contributed by atoms with E-state index in [1.807, 2.05) is 24.3 Å². The maximum atomic E-state index is 12.6. The van der Waals surface area contributed by atoms with Crippen molar-refractivity contribution in [2.75, 3.05) is 19.0 Å². The monoisotopic (exact) mass is 486 g/mol. The molecule has 2 heterocycles. The van der Waals surface area contributed by atoms with Crippen molar-refractivity contribution in [1.29, 1.82) is 0 Å². The molecule has 3 aromatic rings. The zero-order valence-electron chi connectivity index (χ0n) is 18.0. The van der Waals surface area contributed by atoms with Gasteiger partial charge in [-0.15, -0.1) is 0 Å². The molecule has 0 spiro atoms. The van der Waals surface area contributed by atoms with Gasteiger partial charge in [0.25, 0.3) is 5.91 Å². The van der Waals surface area contributed by atoms with Crippen molar-refractivity contribution < 1.29 is 19.1 Å². The summed E-state index contributed by atoms with van der Waals surface area (Å²) in [4.78, 5) is 25.1. The average Bonchev–Trinajstić information content (AvgIpc) is 3.40. The molecule has 33 heavy (non-hydrogen) atoms. The van der Waals surface area contributed by atoms with Crippen LogP contribution in [0.5, 0.6) is 11.5 Å². The number of ether oxygens (including phenoxy) is 2. The molecule has 1 aliphatic heterocycles. The van der Waals surface area contributed by atoms with Gasteiger partial charge in [0.2, 0.25) is 5.91 Å². The van der Waals surface area contributed by atoms with E-state index in [0.717, 1.165) is 34.1 Å². The van der Waals surface area contributed by atoms with Gasteiger partial charge in [-0.3, -0.25) is 9.59 Å². The fourth-order valence-corrected chi connectivity index (χ4v) is 4.46. The first-order valence-electron chi connectivity index (χ1n) is 10.3. The van der Waals surface area contributed by atoms with Gasteiger partial charge in [-0.2, -0.15) is 16.9 Å². The van der Waals surface area contributed by atoms with E-state index in [2.05, 4.69) is 15.7 Å².